The van der Waals surface area contributed by atoms with Crippen LogP contribution in [0, 0.1) is 6.92 Å². The second-order valence-corrected chi connectivity index (χ2v) is 4.98. The number of aryl methyl sites for hydroxylation is 2. The van der Waals surface area contributed by atoms with Crippen LogP contribution in [0.25, 0.3) is 0 Å². The van der Waals surface area contributed by atoms with Crippen LogP contribution < -0.4 is 24.0 Å². The highest BCUT2D eigenvalue weighted by Gasteiger charge is 2.08. The molecular formula is C16H27IN-. The Labute approximate surface area is 130 Å². The maximum absolute atomic E-state index is 2.58. The zero-order valence-electron chi connectivity index (χ0n) is 12.2. The van der Waals surface area contributed by atoms with Gasteiger partial charge < -0.3 is 28.9 Å². The first-order chi connectivity index (χ1) is 8.17. The van der Waals surface area contributed by atoms with Crippen LogP contribution in [0.5, 0.6) is 0 Å². The molecule has 0 aliphatic heterocycles. The van der Waals surface area contributed by atoms with Gasteiger partial charge in [-0.2, -0.15) is 0 Å². The topological polar surface area (TPSA) is 3.24 Å². The number of hydrogen-bond acceptors (Lipinski definition) is 1. The van der Waals surface area contributed by atoms with Gasteiger partial charge in [-0.3, -0.25) is 0 Å². The van der Waals surface area contributed by atoms with Crippen LogP contribution in [-0.4, -0.2) is 24.0 Å². The molecular weight excluding hydrogens is 333 g/mol. The van der Waals surface area contributed by atoms with Gasteiger partial charge in [0.05, 0.1) is 0 Å². The van der Waals surface area contributed by atoms with Gasteiger partial charge in [0.15, 0.2) is 0 Å². The molecule has 0 saturated carbocycles. The zero-order chi connectivity index (χ0) is 12.7. The van der Waals surface area contributed by atoms with Gasteiger partial charge in [-0.15, -0.1) is 0 Å². The highest BCUT2D eigenvalue weighted by Crippen LogP contribution is 2.09. The smallest absolute Gasteiger partial charge is 0.00641 e. The Morgan fingerprint density at radius 3 is 2.50 bits per heavy atom. The van der Waals surface area contributed by atoms with E-state index in [0.717, 1.165) is 6.04 Å². The van der Waals surface area contributed by atoms with Crippen LogP contribution in [0.3, 0.4) is 0 Å². The summed E-state index contributed by atoms with van der Waals surface area (Å²) in [6.45, 7) is 11.4. The van der Waals surface area contributed by atoms with Gasteiger partial charge in [-0.05, 0) is 51.8 Å². The van der Waals surface area contributed by atoms with Crippen molar-refractivity contribution < 1.29 is 24.0 Å². The van der Waals surface area contributed by atoms with E-state index in [1.54, 1.807) is 0 Å². The highest BCUT2D eigenvalue weighted by molar-refractivity contribution is 5.22. The summed E-state index contributed by atoms with van der Waals surface area (Å²) in [5.41, 5.74) is 2.85. The molecule has 0 aliphatic carbocycles. The first-order valence-electron chi connectivity index (χ1n) is 6.97. The molecule has 0 fully saturated rings. The van der Waals surface area contributed by atoms with E-state index in [1.165, 1.54) is 43.5 Å². The fourth-order valence-corrected chi connectivity index (χ4v) is 2.30. The van der Waals surface area contributed by atoms with Crippen molar-refractivity contribution in [3.05, 3.63) is 35.4 Å². The van der Waals surface area contributed by atoms with E-state index in [-0.39, 0.29) is 24.0 Å². The van der Waals surface area contributed by atoms with Gasteiger partial charge in [-0.25, -0.2) is 0 Å². The molecule has 0 saturated heterocycles. The Balaban J connectivity index is 0.00000289. The van der Waals surface area contributed by atoms with E-state index in [4.69, 9.17) is 0 Å². The zero-order valence-corrected chi connectivity index (χ0v) is 14.4. The average molecular weight is 360 g/mol. The summed E-state index contributed by atoms with van der Waals surface area (Å²) in [6, 6.07) is 9.60. The van der Waals surface area contributed by atoms with Crippen molar-refractivity contribution in [3.8, 4) is 0 Å². The molecule has 0 spiro atoms. The predicted molar refractivity (Wildman–Crippen MR) is 76.5 cm³/mol. The summed E-state index contributed by atoms with van der Waals surface area (Å²) in [7, 11) is 0. The third-order valence-electron chi connectivity index (χ3n) is 3.61. The largest absolute Gasteiger partial charge is 1.00 e. The Bertz CT molecular complexity index is 325. The number of benzene rings is 1. The second kappa shape index (κ2) is 9.79. The molecule has 0 bridgehead atoms. The Hall–Kier alpha value is -0.0900. The molecule has 1 rings (SSSR count). The van der Waals surface area contributed by atoms with Crippen molar-refractivity contribution in [1.29, 1.82) is 0 Å². The molecule has 0 aromatic heterocycles. The third-order valence-corrected chi connectivity index (χ3v) is 3.61. The lowest BCUT2D eigenvalue weighted by Gasteiger charge is -2.26. The third kappa shape index (κ3) is 6.19. The highest BCUT2D eigenvalue weighted by atomic mass is 127. The summed E-state index contributed by atoms with van der Waals surface area (Å²) in [5, 5.41) is 0. The number of hydrogen-bond donors (Lipinski definition) is 0. The first kappa shape index (κ1) is 17.9. The first-order valence-corrected chi connectivity index (χ1v) is 6.97. The number of nitrogens with zero attached hydrogens (tertiary/aromatic N) is 1. The van der Waals surface area contributed by atoms with E-state index < -0.39 is 0 Å². The van der Waals surface area contributed by atoms with Crippen LogP contribution in [0.2, 0.25) is 0 Å². The molecule has 1 nitrogen and oxygen atoms in total. The summed E-state index contributed by atoms with van der Waals surface area (Å²) < 4.78 is 0. The van der Waals surface area contributed by atoms with Crippen molar-refractivity contribution in [2.24, 2.45) is 0 Å². The summed E-state index contributed by atoms with van der Waals surface area (Å²) in [6.07, 6.45) is 3.72. The minimum Gasteiger partial charge on any atom is -1.00 e. The van der Waals surface area contributed by atoms with Gasteiger partial charge in [0.1, 0.15) is 0 Å². The van der Waals surface area contributed by atoms with Crippen LogP contribution in [-0.2, 0) is 6.42 Å². The molecule has 2 heteroatoms. The molecule has 1 aromatic carbocycles. The Morgan fingerprint density at radius 2 is 1.94 bits per heavy atom. The molecule has 1 atom stereocenters. The molecule has 0 radical (unpaired) electrons. The molecule has 0 heterocycles. The molecule has 18 heavy (non-hydrogen) atoms. The molecule has 1 aromatic rings. The van der Waals surface area contributed by atoms with E-state index in [9.17, 15) is 0 Å². The van der Waals surface area contributed by atoms with Gasteiger partial charge in [0, 0.05) is 6.04 Å². The minimum absolute atomic E-state index is 0. The standard InChI is InChI=1S/C16H27N.HI/c1-5-15(4)17(6-2)12-8-11-16-10-7-9-14(3)13-16;/h7,9-10,13,15H,5-6,8,11-12H2,1-4H3;1H/p-1. The van der Waals surface area contributed by atoms with E-state index in [2.05, 4.69) is 56.9 Å². The lowest BCUT2D eigenvalue weighted by Crippen LogP contribution is -3.00. The summed E-state index contributed by atoms with van der Waals surface area (Å²) >= 11 is 0. The molecule has 0 aliphatic rings. The summed E-state index contributed by atoms with van der Waals surface area (Å²) in [5.74, 6) is 0. The van der Waals surface area contributed by atoms with Crippen molar-refractivity contribution in [2.45, 2.75) is 53.0 Å². The molecule has 0 N–H and O–H groups in total. The van der Waals surface area contributed by atoms with Crippen LogP contribution in [0.1, 0.15) is 44.7 Å². The number of rotatable bonds is 7. The average Bonchev–Trinajstić information content (AvgIpc) is 2.34. The fourth-order valence-electron chi connectivity index (χ4n) is 2.30. The SMILES string of the molecule is CCC(C)N(CC)CCCc1cccc(C)c1.[I-]. The lowest BCUT2D eigenvalue weighted by atomic mass is 10.1. The van der Waals surface area contributed by atoms with E-state index in [0.29, 0.717) is 0 Å². The second-order valence-electron chi connectivity index (χ2n) is 4.98. The van der Waals surface area contributed by atoms with Gasteiger partial charge in [0.2, 0.25) is 0 Å². The maximum Gasteiger partial charge on any atom is 0.00641 e. The normalized spacial score (nSPS) is 12.3. The quantitative estimate of drug-likeness (QED) is 0.658. The van der Waals surface area contributed by atoms with Crippen molar-refractivity contribution in [2.75, 3.05) is 13.1 Å². The van der Waals surface area contributed by atoms with E-state index >= 15 is 0 Å². The van der Waals surface area contributed by atoms with Crippen LogP contribution >= 0.6 is 0 Å². The Morgan fingerprint density at radius 1 is 1.22 bits per heavy atom. The fraction of sp³-hybridized carbons (Fsp3) is 0.625. The maximum atomic E-state index is 2.58. The Kier molecular flexibility index (Phi) is 9.74. The molecule has 104 valence electrons. The molecule has 1 unspecified atom stereocenters. The van der Waals surface area contributed by atoms with Gasteiger partial charge in [0.25, 0.3) is 0 Å². The number of halogens is 1. The van der Waals surface area contributed by atoms with Crippen LogP contribution in [0.4, 0.5) is 0 Å². The van der Waals surface area contributed by atoms with Gasteiger partial charge >= 0.3 is 0 Å². The van der Waals surface area contributed by atoms with Crippen molar-refractivity contribution in [1.82, 2.24) is 4.90 Å². The minimum atomic E-state index is 0. The van der Waals surface area contributed by atoms with Gasteiger partial charge in [-0.1, -0.05) is 43.7 Å². The lowest BCUT2D eigenvalue weighted by molar-refractivity contribution is -0.00000394. The van der Waals surface area contributed by atoms with Crippen LogP contribution in [0.15, 0.2) is 24.3 Å². The van der Waals surface area contributed by atoms with E-state index in [1.807, 2.05) is 0 Å². The summed E-state index contributed by atoms with van der Waals surface area (Å²) in [4.78, 5) is 2.58. The predicted octanol–water partition coefficient (Wildman–Crippen LogP) is 1.05. The molecule has 0 amide bonds. The van der Waals surface area contributed by atoms with Crippen molar-refractivity contribution in [3.63, 3.8) is 0 Å². The van der Waals surface area contributed by atoms with Crippen molar-refractivity contribution >= 4 is 0 Å². The monoisotopic (exact) mass is 360 g/mol.